The van der Waals surface area contributed by atoms with Gasteiger partial charge in [0.05, 0.1) is 5.02 Å². The third-order valence-electron chi connectivity index (χ3n) is 7.49. The lowest BCUT2D eigenvalue weighted by Crippen LogP contribution is -2.60. The molecule has 2 spiro atoms. The minimum absolute atomic E-state index is 0.0506. The standard InChI is InChI=1S/C23H23Cl2FN2O/c1-28-13-17(15-6-5-7-18(25)20(15)26)23(22(28)10-3-2-4-11-22)16-9-8-14(24)12-19(16)27-21(23)29/h5-9,12,17H,2-4,10-11,13H2,1H3,(H,27,29)/t17?,23-/m1/s1. The van der Waals surface area contributed by atoms with E-state index in [4.69, 9.17) is 23.2 Å². The quantitative estimate of drug-likeness (QED) is 0.621. The molecular formula is C23H23Cl2FN2O. The number of amides is 1. The molecule has 3 aliphatic rings. The van der Waals surface area contributed by atoms with E-state index in [-0.39, 0.29) is 22.4 Å². The van der Waals surface area contributed by atoms with Gasteiger partial charge in [0, 0.05) is 28.7 Å². The first-order valence-electron chi connectivity index (χ1n) is 10.2. The smallest absolute Gasteiger partial charge is 0.237 e. The van der Waals surface area contributed by atoms with E-state index in [0.29, 0.717) is 17.1 Å². The maximum Gasteiger partial charge on any atom is 0.237 e. The molecule has 0 aromatic heterocycles. The largest absolute Gasteiger partial charge is 0.325 e. The van der Waals surface area contributed by atoms with Gasteiger partial charge in [-0.2, -0.15) is 0 Å². The molecule has 1 amide bonds. The maximum atomic E-state index is 15.2. The van der Waals surface area contributed by atoms with Gasteiger partial charge in [0.2, 0.25) is 5.91 Å². The van der Waals surface area contributed by atoms with Crippen molar-refractivity contribution in [1.29, 1.82) is 0 Å². The number of halogens is 3. The number of rotatable bonds is 1. The van der Waals surface area contributed by atoms with Crippen LogP contribution < -0.4 is 5.32 Å². The third-order valence-corrected chi connectivity index (χ3v) is 8.02. The fourth-order valence-corrected chi connectivity index (χ4v) is 6.71. The van der Waals surface area contributed by atoms with E-state index in [2.05, 4.69) is 17.3 Å². The first-order chi connectivity index (χ1) is 13.9. The minimum atomic E-state index is -0.867. The number of carbonyl (C=O) groups excluding carboxylic acids is 1. The number of likely N-dealkylation sites (tertiary alicyclic amines) is 1. The summed E-state index contributed by atoms with van der Waals surface area (Å²) >= 11 is 12.4. The molecule has 1 aliphatic carbocycles. The summed E-state index contributed by atoms with van der Waals surface area (Å²) in [5.74, 6) is -0.799. The minimum Gasteiger partial charge on any atom is -0.325 e. The Morgan fingerprint density at radius 2 is 1.90 bits per heavy atom. The Labute approximate surface area is 180 Å². The number of likely N-dealkylation sites (N-methyl/N-ethyl adjacent to an activating group) is 1. The predicted molar refractivity (Wildman–Crippen MR) is 114 cm³/mol. The topological polar surface area (TPSA) is 32.3 Å². The van der Waals surface area contributed by atoms with E-state index < -0.39 is 11.2 Å². The summed E-state index contributed by atoms with van der Waals surface area (Å²) in [6, 6.07) is 10.7. The zero-order valence-corrected chi connectivity index (χ0v) is 17.8. The molecule has 0 radical (unpaired) electrons. The van der Waals surface area contributed by atoms with Crippen LogP contribution in [0.5, 0.6) is 0 Å². The highest BCUT2D eigenvalue weighted by Crippen LogP contribution is 2.63. The lowest BCUT2D eigenvalue weighted by Gasteiger charge is -2.50. The van der Waals surface area contributed by atoms with Crippen LogP contribution in [0.2, 0.25) is 10.0 Å². The average molecular weight is 433 g/mol. The van der Waals surface area contributed by atoms with Gasteiger partial charge in [-0.15, -0.1) is 0 Å². The van der Waals surface area contributed by atoms with E-state index >= 15 is 4.39 Å². The molecular weight excluding hydrogens is 410 g/mol. The summed E-state index contributed by atoms with van der Waals surface area (Å²) in [6.45, 7) is 0.604. The molecule has 152 valence electrons. The highest BCUT2D eigenvalue weighted by Gasteiger charge is 2.70. The summed E-state index contributed by atoms with van der Waals surface area (Å²) in [6.07, 6.45) is 5.12. The van der Waals surface area contributed by atoms with Crippen molar-refractivity contribution in [3.05, 3.63) is 63.4 Å². The molecule has 2 aromatic carbocycles. The summed E-state index contributed by atoms with van der Waals surface area (Å²) in [4.78, 5) is 16.1. The number of carbonyl (C=O) groups is 1. The molecule has 6 heteroatoms. The van der Waals surface area contributed by atoms with Crippen molar-refractivity contribution >= 4 is 34.8 Å². The number of nitrogens with zero attached hydrogens (tertiary/aromatic N) is 1. The van der Waals surface area contributed by atoms with Gasteiger partial charge in [0.25, 0.3) is 0 Å². The Morgan fingerprint density at radius 3 is 2.66 bits per heavy atom. The van der Waals surface area contributed by atoms with Gasteiger partial charge >= 0.3 is 0 Å². The third kappa shape index (κ3) is 2.43. The van der Waals surface area contributed by atoms with Crippen LogP contribution in [0.3, 0.4) is 0 Å². The van der Waals surface area contributed by atoms with E-state index in [9.17, 15) is 4.79 Å². The molecule has 2 aliphatic heterocycles. The van der Waals surface area contributed by atoms with E-state index in [1.807, 2.05) is 18.2 Å². The molecule has 29 heavy (non-hydrogen) atoms. The number of hydrogen-bond acceptors (Lipinski definition) is 2. The van der Waals surface area contributed by atoms with Gasteiger partial charge in [-0.25, -0.2) is 4.39 Å². The van der Waals surface area contributed by atoms with Crippen LogP contribution in [0, 0.1) is 5.82 Å². The predicted octanol–water partition coefficient (Wildman–Crippen LogP) is 5.75. The molecule has 1 saturated carbocycles. The molecule has 2 atom stereocenters. The van der Waals surface area contributed by atoms with Crippen molar-refractivity contribution in [3.63, 3.8) is 0 Å². The van der Waals surface area contributed by atoms with Crippen molar-refractivity contribution in [1.82, 2.24) is 4.90 Å². The van der Waals surface area contributed by atoms with Crippen LogP contribution >= 0.6 is 23.2 Å². The molecule has 1 saturated heterocycles. The number of hydrogen-bond donors (Lipinski definition) is 1. The Bertz CT molecular complexity index is 1000. The molecule has 2 heterocycles. The first kappa shape index (κ1) is 19.3. The number of nitrogens with one attached hydrogen (secondary N) is 1. The lowest BCUT2D eigenvalue weighted by molar-refractivity contribution is -0.125. The van der Waals surface area contributed by atoms with Crippen LogP contribution in [0.25, 0.3) is 0 Å². The van der Waals surface area contributed by atoms with Gasteiger partial charge in [0.15, 0.2) is 0 Å². The second-order valence-corrected chi connectivity index (χ2v) is 9.46. The first-order valence-corrected chi connectivity index (χ1v) is 10.9. The van der Waals surface area contributed by atoms with Gasteiger partial charge in [0.1, 0.15) is 11.2 Å². The monoisotopic (exact) mass is 432 g/mol. The number of fused-ring (bicyclic) bond motifs is 3. The molecule has 3 nitrogen and oxygen atoms in total. The molecule has 2 fully saturated rings. The molecule has 1 N–H and O–H groups in total. The molecule has 0 bridgehead atoms. The summed E-state index contributed by atoms with van der Waals surface area (Å²) < 4.78 is 15.2. The number of benzene rings is 2. The van der Waals surface area contributed by atoms with E-state index in [1.165, 1.54) is 0 Å². The van der Waals surface area contributed by atoms with Crippen molar-refractivity contribution < 1.29 is 9.18 Å². The van der Waals surface area contributed by atoms with Crippen molar-refractivity contribution in [3.8, 4) is 0 Å². The number of anilines is 1. The fourth-order valence-electron chi connectivity index (χ4n) is 6.36. The Kier molecular flexibility index (Phi) is 4.47. The van der Waals surface area contributed by atoms with Gasteiger partial charge < -0.3 is 5.32 Å². The average Bonchev–Trinajstić information content (AvgIpc) is 3.12. The summed E-state index contributed by atoms with van der Waals surface area (Å²) in [5.41, 5.74) is 0.976. The fraction of sp³-hybridized carbons (Fsp3) is 0.435. The zero-order valence-electron chi connectivity index (χ0n) is 16.3. The Balaban J connectivity index is 1.82. The highest BCUT2D eigenvalue weighted by molar-refractivity contribution is 6.31. The normalized spacial score (nSPS) is 28.1. The second kappa shape index (κ2) is 6.69. The van der Waals surface area contributed by atoms with Gasteiger partial charge in [-0.1, -0.05) is 60.7 Å². The van der Waals surface area contributed by atoms with Gasteiger partial charge in [-0.05, 0) is 49.2 Å². The molecule has 1 unspecified atom stereocenters. The highest BCUT2D eigenvalue weighted by atomic mass is 35.5. The van der Waals surface area contributed by atoms with Crippen LogP contribution in [-0.4, -0.2) is 29.9 Å². The van der Waals surface area contributed by atoms with Crippen LogP contribution in [0.4, 0.5) is 10.1 Å². The van der Waals surface area contributed by atoms with Gasteiger partial charge in [-0.3, -0.25) is 9.69 Å². The molecule has 2 aromatic rings. The summed E-state index contributed by atoms with van der Waals surface area (Å²) in [7, 11) is 2.08. The lowest BCUT2D eigenvalue weighted by atomic mass is 9.56. The SMILES string of the molecule is CN1CC(c2cccc(Cl)c2F)[C@]2(C(=O)Nc3cc(Cl)ccc32)C12CCCCC2. The van der Waals surface area contributed by atoms with Crippen LogP contribution in [0.1, 0.15) is 49.1 Å². The van der Waals surface area contributed by atoms with Crippen molar-refractivity contribution in [2.24, 2.45) is 0 Å². The van der Waals surface area contributed by atoms with E-state index in [1.54, 1.807) is 18.2 Å². The zero-order chi connectivity index (χ0) is 20.4. The maximum absolute atomic E-state index is 15.2. The van der Waals surface area contributed by atoms with Crippen LogP contribution in [-0.2, 0) is 10.2 Å². The summed E-state index contributed by atoms with van der Waals surface area (Å²) in [5, 5.41) is 3.77. The Morgan fingerprint density at radius 1 is 1.14 bits per heavy atom. The Hall–Kier alpha value is -1.62. The second-order valence-electron chi connectivity index (χ2n) is 8.62. The van der Waals surface area contributed by atoms with Crippen molar-refractivity contribution in [2.45, 2.75) is 49.0 Å². The van der Waals surface area contributed by atoms with E-state index in [0.717, 1.165) is 43.4 Å². The van der Waals surface area contributed by atoms with Crippen molar-refractivity contribution in [2.75, 3.05) is 18.9 Å². The van der Waals surface area contributed by atoms with Crippen LogP contribution in [0.15, 0.2) is 36.4 Å². The molecule has 5 rings (SSSR count).